The number of aliphatic hydroxyl groups excluding tert-OH is 1. The molecular weight excluding hydrogens is 194 g/mol. The molecule has 72 valence electrons. The Morgan fingerprint density at radius 2 is 2.00 bits per heavy atom. The van der Waals surface area contributed by atoms with E-state index < -0.39 is 6.10 Å². The summed E-state index contributed by atoms with van der Waals surface area (Å²) in [5, 5.41) is 11.0. The normalized spacial score (nSPS) is 12.7. The SMILES string of the molecule is Cc1ncc([C@@H](O)c2ccccc2)s1. The Labute approximate surface area is 86.9 Å². The van der Waals surface area contributed by atoms with Gasteiger partial charge < -0.3 is 5.11 Å². The van der Waals surface area contributed by atoms with Gasteiger partial charge in [-0.05, 0) is 12.5 Å². The van der Waals surface area contributed by atoms with Crippen LogP contribution in [-0.4, -0.2) is 10.1 Å². The molecule has 1 heterocycles. The molecule has 2 aromatic rings. The van der Waals surface area contributed by atoms with Crippen molar-refractivity contribution in [3.05, 3.63) is 52.0 Å². The molecular formula is C11H11NOS. The lowest BCUT2D eigenvalue weighted by Gasteiger charge is -2.06. The van der Waals surface area contributed by atoms with Gasteiger partial charge in [-0.25, -0.2) is 4.98 Å². The minimum Gasteiger partial charge on any atom is -0.383 e. The van der Waals surface area contributed by atoms with Gasteiger partial charge in [0.1, 0.15) is 6.10 Å². The van der Waals surface area contributed by atoms with E-state index in [1.165, 1.54) is 11.3 Å². The maximum atomic E-state index is 9.98. The van der Waals surface area contributed by atoms with Crippen molar-refractivity contribution in [1.82, 2.24) is 4.98 Å². The molecule has 0 aliphatic rings. The number of aliphatic hydroxyl groups is 1. The summed E-state index contributed by atoms with van der Waals surface area (Å²) < 4.78 is 0. The molecule has 2 nitrogen and oxygen atoms in total. The van der Waals surface area contributed by atoms with Crippen molar-refractivity contribution in [3.8, 4) is 0 Å². The van der Waals surface area contributed by atoms with E-state index in [1.54, 1.807) is 6.20 Å². The first-order valence-electron chi connectivity index (χ1n) is 4.42. The predicted molar refractivity (Wildman–Crippen MR) is 57.4 cm³/mol. The van der Waals surface area contributed by atoms with Crippen LogP contribution in [0.15, 0.2) is 36.5 Å². The van der Waals surface area contributed by atoms with E-state index in [1.807, 2.05) is 37.3 Å². The van der Waals surface area contributed by atoms with Crippen LogP contribution in [0.25, 0.3) is 0 Å². The van der Waals surface area contributed by atoms with Crippen molar-refractivity contribution < 1.29 is 5.11 Å². The number of hydrogen-bond acceptors (Lipinski definition) is 3. The Kier molecular flexibility index (Phi) is 2.61. The lowest BCUT2D eigenvalue weighted by molar-refractivity contribution is 0.224. The molecule has 2 rings (SSSR count). The van der Waals surface area contributed by atoms with Crippen molar-refractivity contribution in [3.63, 3.8) is 0 Å². The average molecular weight is 205 g/mol. The van der Waals surface area contributed by atoms with Gasteiger partial charge in [0.15, 0.2) is 0 Å². The number of nitrogens with zero attached hydrogens (tertiary/aromatic N) is 1. The molecule has 0 bridgehead atoms. The molecule has 1 atom stereocenters. The van der Waals surface area contributed by atoms with Gasteiger partial charge >= 0.3 is 0 Å². The molecule has 0 saturated heterocycles. The summed E-state index contributed by atoms with van der Waals surface area (Å²) in [7, 11) is 0. The summed E-state index contributed by atoms with van der Waals surface area (Å²) in [5.41, 5.74) is 0.913. The van der Waals surface area contributed by atoms with Crippen LogP contribution in [0.2, 0.25) is 0 Å². The quantitative estimate of drug-likeness (QED) is 0.817. The maximum absolute atomic E-state index is 9.98. The van der Waals surface area contributed by atoms with Gasteiger partial charge in [0.05, 0.1) is 9.88 Å². The monoisotopic (exact) mass is 205 g/mol. The molecule has 0 amide bonds. The summed E-state index contributed by atoms with van der Waals surface area (Å²) in [4.78, 5) is 5.02. The molecule has 1 N–H and O–H groups in total. The molecule has 0 fully saturated rings. The van der Waals surface area contributed by atoms with Crippen LogP contribution in [0.3, 0.4) is 0 Å². The van der Waals surface area contributed by atoms with E-state index in [2.05, 4.69) is 4.98 Å². The Balaban J connectivity index is 2.29. The second-order valence-corrected chi connectivity index (χ2v) is 4.36. The fourth-order valence-corrected chi connectivity index (χ4v) is 2.10. The van der Waals surface area contributed by atoms with E-state index in [0.717, 1.165) is 15.4 Å². The molecule has 0 spiro atoms. The van der Waals surface area contributed by atoms with Gasteiger partial charge in [0, 0.05) is 6.20 Å². The van der Waals surface area contributed by atoms with Crippen molar-refractivity contribution in [2.75, 3.05) is 0 Å². The molecule has 1 aromatic carbocycles. The first kappa shape index (κ1) is 9.37. The van der Waals surface area contributed by atoms with E-state index >= 15 is 0 Å². The van der Waals surface area contributed by atoms with Crippen molar-refractivity contribution >= 4 is 11.3 Å². The van der Waals surface area contributed by atoms with Gasteiger partial charge in [0.25, 0.3) is 0 Å². The highest BCUT2D eigenvalue weighted by molar-refractivity contribution is 7.11. The van der Waals surface area contributed by atoms with Crippen molar-refractivity contribution in [2.45, 2.75) is 13.0 Å². The molecule has 3 heteroatoms. The molecule has 0 aliphatic carbocycles. The third kappa shape index (κ3) is 1.84. The third-order valence-electron chi connectivity index (χ3n) is 2.02. The zero-order valence-corrected chi connectivity index (χ0v) is 8.66. The first-order valence-corrected chi connectivity index (χ1v) is 5.24. The van der Waals surface area contributed by atoms with Gasteiger partial charge in [-0.1, -0.05) is 30.3 Å². The fourth-order valence-electron chi connectivity index (χ4n) is 1.30. The Morgan fingerprint density at radius 3 is 2.57 bits per heavy atom. The average Bonchev–Trinajstić information content (AvgIpc) is 2.65. The third-order valence-corrected chi connectivity index (χ3v) is 2.99. The van der Waals surface area contributed by atoms with Gasteiger partial charge in [-0.15, -0.1) is 11.3 Å². The van der Waals surface area contributed by atoms with E-state index in [-0.39, 0.29) is 0 Å². The van der Waals surface area contributed by atoms with Crippen molar-refractivity contribution in [2.24, 2.45) is 0 Å². The largest absolute Gasteiger partial charge is 0.383 e. The number of rotatable bonds is 2. The number of benzene rings is 1. The van der Waals surface area contributed by atoms with Crippen LogP contribution < -0.4 is 0 Å². The Bertz CT molecular complexity index is 410. The van der Waals surface area contributed by atoms with Crippen LogP contribution >= 0.6 is 11.3 Å². The number of thiazole rings is 1. The summed E-state index contributed by atoms with van der Waals surface area (Å²) >= 11 is 1.53. The van der Waals surface area contributed by atoms with E-state index in [4.69, 9.17) is 0 Å². The van der Waals surface area contributed by atoms with E-state index in [9.17, 15) is 5.11 Å². The zero-order chi connectivity index (χ0) is 9.97. The van der Waals surface area contributed by atoms with Crippen LogP contribution in [0, 0.1) is 6.92 Å². The topological polar surface area (TPSA) is 33.1 Å². The predicted octanol–water partition coefficient (Wildman–Crippen LogP) is 2.53. The smallest absolute Gasteiger partial charge is 0.115 e. The number of aromatic nitrogens is 1. The molecule has 0 unspecified atom stereocenters. The molecule has 14 heavy (non-hydrogen) atoms. The molecule has 0 aliphatic heterocycles. The standard InChI is InChI=1S/C11H11NOS/c1-8-12-7-10(14-8)11(13)9-5-3-2-4-6-9/h2-7,11,13H,1H3/t11-/m0/s1. The molecule has 1 aromatic heterocycles. The van der Waals surface area contributed by atoms with Gasteiger partial charge in [0.2, 0.25) is 0 Å². The second-order valence-electron chi connectivity index (χ2n) is 3.09. The van der Waals surface area contributed by atoms with Crippen LogP contribution in [0.4, 0.5) is 0 Å². The van der Waals surface area contributed by atoms with Gasteiger partial charge in [-0.3, -0.25) is 0 Å². The van der Waals surface area contributed by atoms with Crippen LogP contribution in [-0.2, 0) is 0 Å². The lowest BCUT2D eigenvalue weighted by Crippen LogP contribution is -1.95. The van der Waals surface area contributed by atoms with Crippen molar-refractivity contribution in [1.29, 1.82) is 0 Å². The second kappa shape index (κ2) is 3.90. The summed E-state index contributed by atoms with van der Waals surface area (Å²) in [6.45, 7) is 1.94. The van der Waals surface area contributed by atoms with E-state index in [0.29, 0.717) is 0 Å². The first-order chi connectivity index (χ1) is 6.77. The zero-order valence-electron chi connectivity index (χ0n) is 7.84. The highest BCUT2D eigenvalue weighted by Crippen LogP contribution is 2.25. The van der Waals surface area contributed by atoms with Crippen LogP contribution in [0.5, 0.6) is 0 Å². The Hall–Kier alpha value is -1.19. The minimum atomic E-state index is -0.539. The minimum absolute atomic E-state index is 0.539. The lowest BCUT2D eigenvalue weighted by atomic mass is 10.1. The number of aryl methyl sites for hydroxylation is 1. The number of hydrogen-bond donors (Lipinski definition) is 1. The highest BCUT2D eigenvalue weighted by atomic mass is 32.1. The van der Waals surface area contributed by atoms with Gasteiger partial charge in [-0.2, -0.15) is 0 Å². The summed E-state index contributed by atoms with van der Waals surface area (Å²) in [6, 6.07) is 9.62. The Morgan fingerprint density at radius 1 is 1.29 bits per heavy atom. The molecule has 0 saturated carbocycles. The van der Waals surface area contributed by atoms with Crippen LogP contribution in [0.1, 0.15) is 21.6 Å². The maximum Gasteiger partial charge on any atom is 0.115 e. The highest BCUT2D eigenvalue weighted by Gasteiger charge is 2.11. The fraction of sp³-hybridized carbons (Fsp3) is 0.182. The summed E-state index contributed by atoms with van der Waals surface area (Å²) in [5.74, 6) is 0. The summed E-state index contributed by atoms with van der Waals surface area (Å²) in [6.07, 6.45) is 1.19. The molecule has 0 radical (unpaired) electrons.